The second-order valence-electron chi connectivity index (χ2n) is 10.6. The SMILES string of the molecule is O=C(NC1(C(=O)O)CC2CCCC(C1)N2Cc1ccccc1)OCC1c2ccccc2-c2ccccc21. The number of rotatable bonds is 6. The predicted molar refractivity (Wildman–Crippen MR) is 141 cm³/mol. The summed E-state index contributed by atoms with van der Waals surface area (Å²) in [5.74, 6) is -1.04. The van der Waals surface area contributed by atoms with E-state index in [4.69, 9.17) is 4.74 Å². The Labute approximate surface area is 217 Å². The molecule has 3 aromatic rings. The Morgan fingerprint density at radius 3 is 2.03 bits per heavy atom. The van der Waals surface area contributed by atoms with Crippen molar-refractivity contribution in [3.63, 3.8) is 0 Å². The van der Waals surface area contributed by atoms with Crippen molar-refractivity contribution in [2.24, 2.45) is 0 Å². The summed E-state index contributed by atoms with van der Waals surface area (Å²) in [6.07, 6.45) is 3.07. The van der Waals surface area contributed by atoms with Gasteiger partial charge in [-0.15, -0.1) is 0 Å². The maximum Gasteiger partial charge on any atom is 0.408 e. The quantitative estimate of drug-likeness (QED) is 0.467. The molecule has 2 N–H and O–H groups in total. The fourth-order valence-corrected chi connectivity index (χ4v) is 6.76. The zero-order valence-electron chi connectivity index (χ0n) is 20.8. The Morgan fingerprint density at radius 1 is 0.865 bits per heavy atom. The van der Waals surface area contributed by atoms with Gasteiger partial charge in [-0.05, 0) is 53.5 Å². The molecule has 37 heavy (non-hydrogen) atoms. The summed E-state index contributed by atoms with van der Waals surface area (Å²) in [6, 6.07) is 26.9. The zero-order valence-corrected chi connectivity index (χ0v) is 20.8. The summed E-state index contributed by atoms with van der Waals surface area (Å²) in [6.45, 7) is 0.972. The van der Waals surface area contributed by atoms with E-state index in [1.54, 1.807) is 0 Å². The number of amides is 1. The molecule has 6 heteroatoms. The standard InChI is InChI=1S/C31H32N2O4/c34-29(35)31(17-22-11-8-12-23(18-31)33(22)19-21-9-2-1-3-10-21)32-30(36)37-20-28-26-15-6-4-13-24(26)25-14-5-7-16-27(25)28/h1-7,9-10,13-16,22-23,28H,8,11-12,17-20H2,(H,32,36)(H,34,35). The molecule has 2 fully saturated rings. The molecular weight excluding hydrogens is 464 g/mol. The van der Waals surface area contributed by atoms with Crippen molar-refractivity contribution in [1.82, 2.24) is 10.2 Å². The van der Waals surface area contributed by atoms with Gasteiger partial charge in [0.25, 0.3) is 0 Å². The number of hydrogen-bond acceptors (Lipinski definition) is 4. The van der Waals surface area contributed by atoms with Crippen molar-refractivity contribution in [3.05, 3.63) is 95.6 Å². The largest absolute Gasteiger partial charge is 0.480 e. The first-order valence-electron chi connectivity index (χ1n) is 13.2. The molecule has 2 atom stereocenters. The molecular formula is C31H32N2O4. The van der Waals surface area contributed by atoms with Crippen LogP contribution < -0.4 is 5.32 Å². The van der Waals surface area contributed by atoms with Gasteiger partial charge in [0, 0.05) is 24.5 Å². The molecule has 2 aliphatic heterocycles. The molecule has 1 aliphatic carbocycles. The van der Waals surface area contributed by atoms with Gasteiger partial charge in [-0.2, -0.15) is 0 Å². The topological polar surface area (TPSA) is 78.9 Å². The zero-order chi connectivity index (χ0) is 25.4. The van der Waals surface area contributed by atoms with Crippen LogP contribution in [0.4, 0.5) is 4.79 Å². The maximum absolute atomic E-state index is 13.1. The van der Waals surface area contributed by atoms with Gasteiger partial charge in [0.1, 0.15) is 12.1 Å². The first-order chi connectivity index (χ1) is 18.0. The Bertz CT molecular complexity index is 1250. The van der Waals surface area contributed by atoms with Crippen LogP contribution in [0.2, 0.25) is 0 Å². The van der Waals surface area contributed by atoms with Crippen molar-refractivity contribution >= 4 is 12.1 Å². The van der Waals surface area contributed by atoms with E-state index in [0.29, 0.717) is 12.8 Å². The second kappa shape index (κ2) is 9.67. The maximum atomic E-state index is 13.1. The minimum Gasteiger partial charge on any atom is -0.480 e. The minimum atomic E-state index is -1.31. The molecule has 0 saturated carbocycles. The van der Waals surface area contributed by atoms with Crippen molar-refractivity contribution in [2.45, 2.75) is 62.2 Å². The van der Waals surface area contributed by atoms with E-state index in [2.05, 4.69) is 46.6 Å². The molecule has 6 rings (SSSR count). The Kier molecular flexibility index (Phi) is 6.21. The van der Waals surface area contributed by atoms with Crippen molar-refractivity contribution < 1.29 is 19.4 Å². The molecule has 3 aliphatic rings. The molecule has 2 saturated heterocycles. The second-order valence-corrected chi connectivity index (χ2v) is 10.6. The van der Waals surface area contributed by atoms with Crippen LogP contribution in [0.1, 0.15) is 54.7 Å². The van der Waals surface area contributed by atoms with Gasteiger partial charge in [-0.3, -0.25) is 4.90 Å². The highest BCUT2D eigenvalue weighted by Crippen LogP contribution is 2.45. The van der Waals surface area contributed by atoms with Crippen molar-refractivity contribution in [2.75, 3.05) is 6.61 Å². The number of nitrogens with zero attached hydrogens (tertiary/aromatic N) is 1. The number of aliphatic carboxylic acids is 1. The smallest absolute Gasteiger partial charge is 0.408 e. The van der Waals surface area contributed by atoms with Crippen LogP contribution in [0.3, 0.4) is 0 Å². The number of carboxylic acid groups (broad SMARTS) is 1. The number of alkyl carbamates (subject to hydrolysis) is 1. The minimum absolute atomic E-state index is 0.0639. The highest BCUT2D eigenvalue weighted by atomic mass is 16.5. The molecule has 6 nitrogen and oxygen atoms in total. The van der Waals surface area contributed by atoms with Gasteiger partial charge in [0.05, 0.1) is 0 Å². The van der Waals surface area contributed by atoms with Gasteiger partial charge in [0.2, 0.25) is 0 Å². The third-order valence-corrected chi connectivity index (χ3v) is 8.48. The van der Waals surface area contributed by atoms with E-state index in [9.17, 15) is 14.7 Å². The molecule has 0 aromatic heterocycles. The summed E-state index contributed by atoms with van der Waals surface area (Å²) in [7, 11) is 0. The highest BCUT2D eigenvalue weighted by Gasteiger charge is 2.52. The van der Waals surface area contributed by atoms with Gasteiger partial charge in [0.15, 0.2) is 0 Å². The Balaban J connectivity index is 1.16. The molecule has 190 valence electrons. The fourth-order valence-electron chi connectivity index (χ4n) is 6.76. The molecule has 0 spiro atoms. The lowest BCUT2D eigenvalue weighted by molar-refractivity contribution is -0.151. The van der Waals surface area contributed by atoms with Crippen LogP contribution >= 0.6 is 0 Å². The number of carboxylic acids is 1. The first-order valence-corrected chi connectivity index (χ1v) is 13.2. The van der Waals surface area contributed by atoms with Gasteiger partial charge in [-0.1, -0.05) is 85.3 Å². The van der Waals surface area contributed by atoms with Gasteiger partial charge < -0.3 is 15.2 Å². The van der Waals surface area contributed by atoms with Crippen LogP contribution in [0.25, 0.3) is 11.1 Å². The third kappa shape index (κ3) is 4.40. The van der Waals surface area contributed by atoms with E-state index < -0.39 is 17.6 Å². The first kappa shape index (κ1) is 23.7. The predicted octanol–water partition coefficient (Wildman–Crippen LogP) is 5.57. The lowest BCUT2D eigenvalue weighted by Crippen LogP contribution is -2.66. The number of ether oxygens (including phenoxy) is 1. The van der Waals surface area contributed by atoms with Gasteiger partial charge >= 0.3 is 12.1 Å². The number of hydrogen-bond donors (Lipinski definition) is 2. The normalized spacial score (nSPS) is 24.6. The number of fused-ring (bicyclic) bond motifs is 5. The summed E-state index contributed by atoms with van der Waals surface area (Å²) in [5, 5.41) is 13.1. The van der Waals surface area contributed by atoms with E-state index in [1.807, 2.05) is 42.5 Å². The lowest BCUT2D eigenvalue weighted by Gasteiger charge is -2.52. The van der Waals surface area contributed by atoms with E-state index in [0.717, 1.165) is 48.1 Å². The monoisotopic (exact) mass is 496 g/mol. The van der Waals surface area contributed by atoms with E-state index in [-0.39, 0.29) is 24.6 Å². The van der Waals surface area contributed by atoms with Crippen LogP contribution in [0.5, 0.6) is 0 Å². The summed E-state index contributed by atoms with van der Waals surface area (Å²) in [4.78, 5) is 28.1. The van der Waals surface area contributed by atoms with E-state index >= 15 is 0 Å². The van der Waals surface area contributed by atoms with Crippen LogP contribution in [-0.2, 0) is 16.1 Å². The number of nitrogens with one attached hydrogen (secondary N) is 1. The number of carbonyl (C=O) groups excluding carboxylic acids is 1. The van der Waals surface area contributed by atoms with Crippen molar-refractivity contribution in [1.29, 1.82) is 0 Å². The molecule has 2 unspecified atom stereocenters. The van der Waals surface area contributed by atoms with Crippen LogP contribution in [-0.4, -0.2) is 46.3 Å². The van der Waals surface area contributed by atoms with E-state index in [1.165, 1.54) is 5.56 Å². The average molecular weight is 497 g/mol. The molecule has 3 aromatic carbocycles. The lowest BCUT2D eigenvalue weighted by atomic mass is 9.73. The molecule has 2 heterocycles. The molecule has 1 amide bonds. The average Bonchev–Trinajstić information content (AvgIpc) is 3.22. The Morgan fingerprint density at radius 2 is 1.43 bits per heavy atom. The molecule has 2 bridgehead atoms. The molecule has 0 radical (unpaired) electrons. The van der Waals surface area contributed by atoms with Crippen LogP contribution in [0, 0.1) is 0 Å². The highest BCUT2D eigenvalue weighted by molar-refractivity contribution is 5.85. The number of benzene rings is 3. The summed E-state index contributed by atoms with van der Waals surface area (Å²) in [5.41, 5.74) is 4.50. The summed E-state index contributed by atoms with van der Waals surface area (Å²) >= 11 is 0. The number of piperidine rings is 2. The summed E-state index contributed by atoms with van der Waals surface area (Å²) < 4.78 is 5.74. The van der Waals surface area contributed by atoms with Gasteiger partial charge in [-0.25, -0.2) is 9.59 Å². The Hall–Kier alpha value is -3.64. The van der Waals surface area contributed by atoms with Crippen LogP contribution in [0.15, 0.2) is 78.9 Å². The fraction of sp³-hybridized carbons (Fsp3) is 0.355. The third-order valence-electron chi connectivity index (χ3n) is 8.48. The number of carbonyl (C=O) groups is 2. The van der Waals surface area contributed by atoms with Crippen molar-refractivity contribution in [3.8, 4) is 11.1 Å².